The van der Waals surface area contributed by atoms with Gasteiger partial charge in [-0.05, 0) is 19.1 Å². The Morgan fingerprint density at radius 2 is 2.08 bits per heavy atom. The Bertz CT molecular complexity index is 1070. The molecule has 1 amide bonds. The first-order chi connectivity index (χ1) is 12.0. The number of ether oxygens (including phenoxy) is 1. The number of carbonyl (C=O) groups excluding carboxylic acids is 1. The summed E-state index contributed by atoms with van der Waals surface area (Å²) in [7, 11) is 0. The molecule has 0 atom stereocenters. The number of fused-ring (bicyclic) bond motifs is 1. The van der Waals surface area contributed by atoms with Gasteiger partial charge in [0, 0.05) is 24.4 Å². The van der Waals surface area contributed by atoms with E-state index in [2.05, 4.69) is 10.3 Å². The molecule has 3 N–H and O–H groups in total. The smallest absolute Gasteiger partial charge is 0.411 e. The van der Waals surface area contributed by atoms with Crippen LogP contribution in [0.4, 0.5) is 10.5 Å². The molecule has 0 spiro atoms. The number of phenols is 1. The fraction of sp³-hybridized carbons (Fsp3) is 0.118. The van der Waals surface area contributed by atoms with Crippen LogP contribution in [0.15, 0.2) is 50.5 Å². The van der Waals surface area contributed by atoms with Gasteiger partial charge in [0.15, 0.2) is 5.43 Å². The van der Waals surface area contributed by atoms with Crippen molar-refractivity contribution in [1.82, 2.24) is 4.98 Å². The number of carbonyl (C=O) groups is 1. The van der Waals surface area contributed by atoms with Crippen molar-refractivity contribution >= 4 is 22.7 Å². The van der Waals surface area contributed by atoms with E-state index in [0.717, 1.165) is 6.07 Å². The maximum absolute atomic E-state index is 12.3. The summed E-state index contributed by atoms with van der Waals surface area (Å²) in [6, 6.07) is 6.53. The molecule has 0 unspecified atom stereocenters. The van der Waals surface area contributed by atoms with Crippen LogP contribution < -0.4 is 16.3 Å². The van der Waals surface area contributed by atoms with E-state index < -0.39 is 11.7 Å². The van der Waals surface area contributed by atoms with Gasteiger partial charge in [-0.1, -0.05) is 0 Å². The summed E-state index contributed by atoms with van der Waals surface area (Å²) in [4.78, 5) is 37.9. The van der Waals surface area contributed by atoms with Crippen LogP contribution in [0, 0.1) is 0 Å². The van der Waals surface area contributed by atoms with E-state index in [1.165, 1.54) is 30.5 Å². The molecule has 8 nitrogen and oxygen atoms in total. The second kappa shape index (κ2) is 6.52. The van der Waals surface area contributed by atoms with Crippen LogP contribution in [0.5, 0.6) is 5.75 Å². The third-order valence-electron chi connectivity index (χ3n) is 3.41. The molecule has 8 heteroatoms. The van der Waals surface area contributed by atoms with Crippen LogP contribution >= 0.6 is 0 Å². The minimum Gasteiger partial charge on any atom is -0.508 e. The minimum atomic E-state index is -0.741. The second-order valence-corrected chi connectivity index (χ2v) is 5.13. The summed E-state index contributed by atoms with van der Waals surface area (Å²) in [5.41, 5.74) is -0.184. The molecule has 2 heterocycles. The molecule has 0 bridgehead atoms. The number of H-pyrrole nitrogens is 1. The Morgan fingerprint density at radius 3 is 2.84 bits per heavy atom. The van der Waals surface area contributed by atoms with Crippen LogP contribution in [0.25, 0.3) is 22.3 Å². The third kappa shape index (κ3) is 3.37. The first-order valence-electron chi connectivity index (χ1n) is 7.41. The lowest BCUT2D eigenvalue weighted by atomic mass is 10.1. The number of aromatic amines is 1. The average molecular weight is 342 g/mol. The maximum Gasteiger partial charge on any atom is 0.411 e. The van der Waals surface area contributed by atoms with Crippen LogP contribution in [0.1, 0.15) is 6.92 Å². The number of amides is 1. The van der Waals surface area contributed by atoms with Crippen molar-refractivity contribution in [2.24, 2.45) is 0 Å². The molecule has 25 heavy (non-hydrogen) atoms. The topological polar surface area (TPSA) is 122 Å². The van der Waals surface area contributed by atoms with Gasteiger partial charge in [-0.2, -0.15) is 0 Å². The summed E-state index contributed by atoms with van der Waals surface area (Å²) in [6.45, 7) is 1.81. The highest BCUT2D eigenvalue weighted by molar-refractivity contribution is 5.91. The van der Waals surface area contributed by atoms with Gasteiger partial charge in [-0.25, -0.2) is 4.79 Å². The van der Waals surface area contributed by atoms with Crippen LogP contribution in [0.2, 0.25) is 0 Å². The highest BCUT2D eigenvalue weighted by atomic mass is 16.5. The molecule has 3 aromatic rings. The number of aromatic nitrogens is 1. The first-order valence-corrected chi connectivity index (χ1v) is 7.41. The van der Waals surface area contributed by atoms with E-state index in [-0.39, 0.29) is 40.4 Å². The molecule has 0 aliphatic heterocycles. The Hall–Kier alpha value is -3.55. The van der Waals surface area contributed by atoms with E-state index in [1.54, 1.807) is 6.92 Å². The lowest BCUT2D eigenvalue weighted by Crippen LogP contribution is -2.16. The van der Waals surface area contributed by atoms with Crippen molar-refractivity contribution in [3.63, 3.8) is 0 Å². The molecule has 0 aliphatic carbocycles. The Kier molecular flexibility index (Phi) is 4.25. The molecule has 1 aromatic carbocycles. The predicted molar refractivity (Wildman–Crippen MR) is 90.9 cm³/mol. The highest BCUT2D eigenvalue weighted by Gasteiger charge is 2.14. The molecule has 0 saturated heterocycles. The standard InChI is InChI=1S/C17H14N2O6/c1-2-24-17(23)19-12-6-16(22)18-8-11(12)15-7-13(21)10-4-3-9(20)5-14(10)25-15/h3-8,20H,2H2,1H3,(H2,18,19,22,23). The summed E-state index contributed by atoms with van der Waals surface area (Å²) in [6.07, 6.45) is 0.576. The Labute approximate surface area is 140 Å². The molecule has 2 aromatic heterocycles. The molecule has 128 valence electrons. The van der Waals surface area contributed by atoms with E-state index >= 15 is 0 Å². The van der Waals surface area contributed by atoms with Gasteiger partial charge in [-0.15, -0.1) is 0 Å². The van der Waals surface area contributed by atoms with E-state index in [1.807, 2.05) is 0 Å². The number of pyridine rings is 1. The number of hydrogen-bond donors (Lipinski definition) is 3. The maximum atomic E-state index is 12.3. The second-order valence-electron chi connectivity index (χ2n) is 5.13. The Morgan fingerprint density at radius 1 is 1.28 bits per heavy atom. The third-order valence-corrected chi connectivity index (χ3v) is 3.41. The number of rotatable bonds is 3. The molecular weight excluding hydrogens is 328 g/mol. The normalized spacial score (nSPS) is 10.6. The summed E-state index contributed by atoms with van der Waals surface area (Å²) < 4.78 is 10.5. The van der Waals surface area contributed by atoms with E-state index in [0.29, 0.717) is 5.39 Å². The monoisotopic (exact) mass is 342 g/mol. The number of hydrogen-bond acceptors (Lipinski definition) is 6. The van der Waals surface area contributed by atoms with Crippen molar-refractivity contribution < 1.29 is 19.1 Å². The zero-order valence-corrected chi connectivity index (χ0v) is 13.2. The quantitative estimate of drug-likeness (QED) is 0.672. The van der Waals surface area contributed by atoms with Gasteiger partial charge < -0.3 is 19.2 Å². The molecule has 3 rings (SSSR count). The van der Waals surface area contributed by atoms with Crippen molar-refractivity contribution in [2.75, 3.05) is 11.9 Å². The van der Waals surface area contributed by atoms with Gasteiger partial charge >= 0.3 is 6.09 Å². The van der Waals surface area contributed by atoms with Gasteiger partial charge in [0.25, 0.3) is 0 Å². The van der Waals surface area contributed by atoms with Crippen LogP contribution in [-0.4, -0.2) is 22.8 Å². The summed E-state index contributed by atoms with van der Waals surface area (Å²) in [5.74, 6) is 0.0605. The van der Waals surface area contributed by atoms with Crippen molar-refractivity contribution in [1.29, 1.82) is 0 Å². The lowest BCUT2D eigenvalue weighted by Gasteiger charge is -2.10. The molecule has 0 fully saturated rings. The highest BCUT2D eigenvalue weighted by Crippen LogP contribution is 2.28. The van der Waals surface area contributed by atoms with Crippen LogP contribution in [-0.2, 0) is 4.74 Å². The summed E-state index contributed by atoms with van der Waals surface area (Å²) >= 11 is 0. The van der Waals surface area contributed by atoms with E-state index in [4.69, 9.17) is 9.15 Å². The predicted octanol–water partition coefficient (Wildman–Crippen LogP) is 2.42. The number of phenolic OH excluding ortho intramolecular Hbond substituents is 1. The average Bonchev–Trinajstić information content (AvgIpc) is 2.54. The molecular formula is C17H14N2O6. The lowest BCUT2D eigenvalue weighted by molar-refractivity contribution is 0.168. The zero-order valence-electron chi connectivity index (χ0n) is 13.2. The molecule has 0 saturated carbocycles. The number of benzene rings is 1. The number of anilines is 1. The van der Waals surface area contributed by atoms with Crippen molar-refractivity contribution in [2.45, 2.75) is 6.92 Å². The largest absolute Gasteiger partial charge is 0.508 e. The van der Waals surface area contributed by atoms with Gasteiger partial charge in [-0.3, -0.25) is 14.9 Å². The fourth-order valence-electron chi connectivity index (χ4n) is 2.33. The van der Waals surface area contributed by atoms with Crippen molar-refractivity contribution in [3.8, 4) is 17.1 Å². The molecule has 0 radical (unpaired) electrons. The fourth-order valence-corrected chi connectivity index (χ4v) is 2.33. The van der Waals surface area contributed by atoms with Crippen LogP contribution in [0.3, 0.4) is 0 Å². The Balaban J connectivity index is 2.16. The van der Waals surface area contributed by atoms with Gasteiger partial charge in [0.05, 0.1) is 23.2 Å². The minimum absolute atomic E-state index is 0.0564. The SMILES string of the molecule is CCOC(=O)Nc1cc(=O)[nH]cc1-c1cc(=O)c2ccc(O)cc2o1. The molecule has 0 aliphatic rings. The first kappa shape index (κ1) is 16.3. The van der Waals surface area contributed by atoms with Gasteiger partial charge in [0.1, 0.15) is 17.1 Å². The van der Waals surface area contributed by atoms with Crippen molar-refractivity contribution in [3.05, 3.63) is 57.1 Å². The van der Waals surface area contributed by atoms with Gasteiger partial charge in [0.2, 0.25) is 5.56 Å². The zero-order chi connectivity index (χ0) is 18.0. The van der Waals surface area contributed by atoms with E-state index in [9.17, 15) is 19.5 Å². The summed E-state index contributed by atoms with van der Waals surface area (Å²) in [5, 5.41) is 12.3. The number of nitrogens with one attached hydrogen (secondary N) is 2. The number of aromatic hydroxyl groups is 1.